The molecule has 6 heteroatoms. The minimum Gasteiger partial charge on any atom is -0.391 e. The molecule has 1 N–H and O–H groups in total. The van der Waals surface area contributed by atoms with E-state index in [1.54, 1.807) is 24.3 Å². The molecule has 0 atom stereocenters. The fourth-order valence-electron chi connectivity index (χ4n) is 1.86. The molecule has 0 aliphatic carbocycles. The van der Waals surface area contributed by atoms with Crippen LogP contribution in [0, 0.1) is 0 Å². The van der Waals surface area contributed by atoms with E-state index in [0.29, 0.717) is 12.3 Å². The molecule has 1 heterocycles. The topological polar surface area (TPSA) is 71.0 Å². The normalized spacial score (nSPS) is 15.7. The third-order valence-corrected chi connectivity index (χ3v) is 2.99. The second kappa shape index (κ2) is 6.69. The fraction of sp³-hybridized carbons (Fsp3) is 0.267. The van der Waals surface area contributed by atoms with Crippen LogP contribution in [0.1, 0.15) is 19.4 Å². The maximum Gasteiger partial charge on any atom is 0.329 e. The van der Waals surface area contributed by atoms with Crippen molar-refractivity contribution in [3.8, 4) is 0 Å². The molecule has 0 bridgehead atoms. The van der Waals surface area contributed by atoms with Crippen LogP contribution in [-0.2, 0) is 9.63 Å². The molecule has 1 aromatic rings. The van der Waals surface area contributed by atoms with Gasteiger partial charge in [-0.05, 0) is 37.6 Å². The lowest BCUT2D eigenvalue weighted by Crippen LogP contribution is -2.30. The molecule has 21 heavy (non-hydrogen) atoms. The number of allylic oxidation sites excluding steroid dienone is 1. The molecule has 0 radical (unpaired) electrons. The summed E-state index contributed by atoms with van der Waals surface area (Å²) in [5, 5.41) is 6.48. The summed E-state index contributed by atoms with van der Waals surface area (Å²) < 4.78 is 0. The molecule has 0 spiro atoms. The standard InChI is InChI=1S/C15H17N3O3/c1-3-4-9-21-17-11(2)12-5-7-13(8-6-12)18-14(19)10-16-15(18)20/h3-8H,9-10H2,1-2H3,(H,16,20)/b4-3+,17-11+. The van der Waals surface area contributed by atoms with Crippen molar-refractivity contribution in [2.24, 2.45) is 5.16 Å². The summed E-state index contributed by atoms with van der Waals surface area (Å²) in [6.07, 6.45) is 3.75. The van der Waals surface area contributed by atoms with E-state index in [9.17, 15) is 9.59 Å². The first-order valence-electron chi connectivity index (χ1n) is 6.62. The summed E-state index contributed by atoms with van der Waals surface area (Å²) >= 11 is 0. The highest BCUT2D eigenvalue weighted by atomic mass is 16.6. The number of oxime groups is 1. The van der Waals surface area contributed by atoms with Crippen LogP contribution < -0.4 is 10.2 Å². The summed E-state index contributed by atoms with van der Waals surface area (Å²) in [6.45, 7) is 4.21. The smallest absolute Gasteiger partial charge is 0.329 e. The number of carbonyl (C=O) groups excluding carboxylic acids is 2. The lowest BCUT2D eigenvalue weighted by molar-refractivity contribution is -0.115. The molecule has 6 nitrogen and oxygen atoms in total. The van der Waals surface area contributed by atoms with Gasteiger partial charge in [-0.1, -0.05) is 23.4 Å². The van der Waals surface area contributed by atoms with Crippen LogP contribution in [0.5, 0.6) is 0 Å². The summed E-state index contributed by atoms with van der Waals surface area (Å²) in [6, 6.07) is 6.62. The van der Waals surface area contributed by atoms with E-state index in [2.05, 4.69) is 10.5 Å². The molecule has 0 unspecified atom stereocenters. The van der Waals surface area contributed by atoms with Crippen molar-refractivity contribution in [1.29, 1.82) is 0 Å². The number of imide groups is 1. The average Bonchev–Trinajstić information content (AvgIpc) is 2.83. The van der Waals surface area contributed by atoms with Crippen molar-refractivity contribution < 1.29 is 14.4 Å². The number of benzene rings is 1. The van der Waals surface area contributed by atoms with E-state index in [0.717, 1.165) is 16.2 Å². The van der Waals surface area contributed by atoms with Crippen LogP contribution in [0.15, 0.2) is 41.6 Å². The van der Waals surface area contributed by atoms with Crippen molar-refractivity contribution in [3.63, 3.8) is 0 Å². The quantitative estimate of drug-likeness (QED) is 0.296. The van der Waals surface area contributed by atoms with Crippen molar-refractivity contribution in [2.45, 2.75) is 13.8 Å². The Hall–Kier alpha value is -2.63. The highest BCUT2D eigenvalue weighted by molar-refractivity contribution is 6.19. The molecule has 110 valence electrons. The average molecular weight is 287 g/mol. The molecule has 3 amide bonds. The van der Waals surface area contributed by atoms with E-state index in [1.165, 1.54) is 0 Å². The molecular formula is C15H17N3O3. The van der Waals surface area contributed by atoms with Gasteiger partial charge in [-0.3, -0.25) is 4.79 Å². The molecule has 2 rings (SSSR count). The predicted molar refractivity (Wildman–Crippen MR) is 80.3 cm³/mol. The van der Waals surface area contributed by atoms with Crippen LogP contribution in [0.3, 0.4) is 0 Å². The van der Waals surface area contributed by atoms with E-state index in [-0.39, 0.29) is 12.5 Å². The Morgan fingerprint density at radius 3 is 2.67 bits per heavy atom. The van der Waals surface area contributed by atoms with Gasteiger partial charge in [0.15, 0.2) is 0 Å². The van der Waals surface area contributed by atoms with Crippen molar-refractivity contribution in [3.05, 3.63) is 42.0 Å². The number of anilines is 1. The summed E-state index contributed by atoms with van der Waals surface area (Å²) in [7, 11) is 0. The summed E-state index contributed by atoms with van der Waals surface area (Å²) in [5.74, 6) is -0.257. The molecule has 1 aromatic carbocycles. The molecule has 1 saturated heterocycles. The fourth-order valence-corrected chi connectivity index (χ4v) is 1.86. The molecule has 1 aliphatic rings. The van der Waals surface area contributed by atoms with Gasteiger partial charge in [-0.2, -0.15) is 0 Å². The lowest BCUT2D eigenvalue weighted by Gasteiger charge is -2.12. The largest absolute Gasteiger partial charge is 0.391 e. The second-order valence-electron chi connectivity index (χ2n) is 4.48. The first-order chi connectivity index (χ1) is 10.1. The Bertz CT molecular complexity index is 575. The van der Waals surface area contributed by atoms with Gasteiger partial charge in [0.2, 0.25) is 0 Å². The van der Waals surface area contributed by atoms with Gasteiger partial charge < -0.3 is 10.2 Å². The first-order valence-corrected chi connectivity index (χ1v) is 6.62. The van der Waals surface area contributed by atoms with Gasteiger partial charge in [0.1, 0.15) is 6.61 Å². The number of carbonyl (C=O) groups is 2. The van der Waals surface area contributed by atoms with E-state index >= 15 is 0 Å². The van der Waals surface area contributed by atoms with Gasteiger partial charge in [-0.15, -0.1) is 0 Å². The van der Waals surface area contributed by atoms with Crippen LogP contribution in [-0.4, -0.2) is 30.8 Å². The molecule has 1 aliphatic heterocycles. The Balaban J connectivity index is 2.08. The van der Waals surface area contributed by atoms with Crippen molar-refractivity contribution in [2.75, 3.05) is 18.1 Å². The monoisotopic (exact) mass is 287 g/mol. The number of hydrogen-bond acceptors (Lipinski definition) is 4. The molecule has 0 saturated carbocycles. The number of urea groups is 1. The van der Waals surface area contributed by atoms with Gasteiger partial charge >= 0.3 is 6.03 Å². The summed E-state index contributed by atoms with van der Waals surface area (Å²) in [4.78, 5) is 29.4. The maximum atomic E-state index is 11.6. The van der Waals surface area contributed by atoms with E-state index in [1.807, 2.05) is 26.0 Å². The molecular weight excluding hydrogens is 270 g/mol. The predicted octanol–water partition coefficient (Wildman–Crippen LogP) is 2.06. The minimum absolute atomic E-state index is 0.0415. The number of nitrogens with one attached hydrogen (secondary N) is 1. The van der Waals surface area contributed by atoms with Gasteiger partial charge in [0.25, 0.3) is 5.91 Å². The van der Waals surface area contributed by atoms with Crippen molar-refractivity contribution >= 4 is 23.3 Å². The van der Waals surface area contributed by atoms with Crippen LogP contribution in [0.4, 0.5) is 10.5 Å². The molecule has 1 fully saturated rings. The van der Waals surface area contributed by atoms with Gasteiger partial charge in [-0.25, -0.2) is 9.69 Å². The van der Waals surface area contributed by atoms with Crippen LogP contribution in [0.25, 0.3) is 0 Å². The number of hydrogen-bond donors (Lipinski definition) is 1. The highest BCUT2D eigenvalue weighted by Crippen LogP contribution is 2.18. The Labute approximate surface area is 123 Å². The second-order valence-corrected chi connectivity index (χ2v) is 4.48. The summed E-state index contributed by atoms with van der Waals surface area (Å²) in [5.41, 5.74) is 2.14. The third-order valence-electron chi connectivity index (χ3n) is 2.99. The SMILES string of the molecule is C/C=C/CO/N=C(\C)c1ccc(N2C(=O)CNC2=O)cc1. The van der Waals surface area contributed by atoms with Crippen LogP contribution in [0.2, 0.25) is 0 Å². The maximum absolute atomic E-state index is 11.6. The lowest BCUT2D eigenvalue weighted by atomic mass is 10.1. The molecule has 0 aromatic heterocycles. The Morgan fingerprint density at radius 2 is 2.10 bits per heavy atom. The van der Waals surface area contributed by atoms with Gasteiger partial charge in [0.05, 0.1) is 17.9 Å². The van der Waals surface area contributed by atoms with E-state index < -0.39 is 6.03 Å². The van der Waals surface area contributed by atoms with Crippen LogP contribution >= 0.6 is 0 Å². The van der Waals surface area contributed by atoms with Crippen molar-refractivity contribution in [1.82, 2.24) is 5.32 Å². The zero-order chi connectivity index (χ0) is 15.2. The Kier molecular flexibility index (Phi) is 4.71. The van der Waals surface area contributed by atoms with Gasteiger partial charge in [0, 0.05) is 0 Å². The number of amides is 3. The third kappa shape index (κ3) is 3.47. The number of rotatable bonds is 5. The number of nitrogens with zero attached hydrogens (tertiary/aromatic N) is 2. The zero-order valence-electron chi connectivity index (χ0n) is 12.0. The zero-order valence-corrected chi connectivity index (χ0v) is 12.0. The minimum atomic E-state index is -0.396. The Morgan fingerprint density at radius 1 is 1.38 bits per heavy atom. The highest BCUT2D eigenvalue weighted by Gasteiger charge is 2.29. The van der Waals surface area contributed by atoms with E-state index in [4.69, 9.17) is 4.84 Å². The first kappa shape index (κ1) is 14.8.